The normalized spacial score (nSPS) is 24.3. The monoisotopic (exact) mass is 573 g/mol. The van der Waals surface area contributed by atoms with E-state index < -0.39 is 24.1 Å². The van der Waals surface area contributed by atoms with Crippen LogP contribution in [0.5, 0.6) is 5.75 Å². The third-order valence-electron chi connectivity index (χ3n) is 8.26. The first-order valence-electron chi connectivity index (χ1n) is 13.7. The van der Waals surface area contributed by atoms with Gasteiger partial charge >= 0.3 is 5.92 Å². The Morgan fingerprint density at radius 2 is 2.02 bits per heavy atom. The Labute approximate surface area is 236 Å². The van der Waals surface area contributed by atoms with Gasteiger partial charge in [0.2, 0.25) is 11.7 Å². The van der Waals surface area contributed by atoms with E-state index in [1.165, 1.54) is 4.57 Å². The molecule has 1 unspecified atom stereocenters. The molecule has 2 aromatic heterocycles. The third-order valence-corrected chi connectivity index (χ3v) is 8.53. The van der Waals surface area contributed by atoms with E-state index in [4.69, 9.17) is 21.3 Å². The van der Waals surface area contributed by atoms with Gasteiger partial charge in [-0.1, -0.05) is 18.5 Å². The largest absolute Gasteiger partial charge is 0.480 e. The van der Waals surface area contributed by atoms with Gasteiger partial charge in [0, 0.05) is 37.3 Å². The van der Waals surface area contributed by atoms with E-state index >= 15 is 0 Å². The van der Waals surface area contributed by atoms with Crippen LogP contribution < -0.4 is 25.8 Å². The minimum absolute atomic E-state index is 0.0907. The number of nitrogens with zero attached hydrogens (tertiary/aromatic N) is 5. The molecule has 2 N–H and O–H groups in total. The van der Waals surface area contributed by atoms with Gasteiger partial charge in [-0.3, -0.25) is 4.79 Å². The lowest BCUT2D eigenvalue weighted by Gasteiger charge is -2.39. The predicted molar refractivity (Wildman–Crippen MR) is 154 cm³/mol. The molecule has 3 aliphatic rings. The molecule has 1 aromatic carbocycles. The highest BCUT2D eigenvalue weighted by Gasteiger charge is 2.51. The number of hydrogen-bond donors (Lipinski definition) is 2. The number of anilines is 4. The molecule has 3 aromatic rings. The summed E-state index contributed by atoms with van der Waals surface area (Å²) < 4.78 is 36.8. The van der Waals surface area contributed by atoms with E-state index in [2.05, 4.69) is 46.4 Å². The van der Waals surface area contributed by atoms with Crippen molar-refractivity contribution in [2.75, 3.05) is 49.3 Å². The highest BCUT2D eigenvalue weighted by molar-refractivity contribution is 6.33. The smallest absolute Gasteiger partial charge is 0.301 e. The zero-order valence-corrected chi connectivity index (χ0v) is 23.8. The zero-order valence-electron chi connectivity index (χ0n) is 23.0. The Morgan fingerprint density at radius 3 is 2.75 bits per heavy atom. The average molecular weight is 574 g/mol. The molecule has 40 heavy (non-hydrogen) atoms. The molecule has 2 aliphatic heterocycles. The Balaban J connectivity index is 1.36. The molecule has 12 heteroatoms. The van der Waals surface area contributed by atoms with Crippen molar-refractivity contribution in [1.82, 2.24) is 19.4 Å². The van der Waals surface area contributed by atoms with Gasteiger partial charge in [-0.2, -0.15) is 4.98 Å². The average Bonchev–Trinajstić information content (AvgIpc) is 3.75. The molecule has 9 nitrogen and oxygen atoms in total. The van der Waals surface area contributed by atoms with Crippen LogP contribution in [-0.2, 0) is 7.05 Å². The molecule has 2 fully saturated rings. The van der Waals surface area contributed by atoms with Crippen molar-refractivity contribution in [3.63, 3.8) is 0 Å². The molecule has 214 valence electrons. The van der Waals surface area contributed by atoms with E-state index in [1.54, 1.807) is 25.4 Å². The number of rotatable bonds is 5. The Bertz CT molecular complexity index is 1510. The number of aromatic nitrogens is 3. The van der Waals surface area contributed by atoms with Crippen molar-refractivity contribution in [3.05, 3.63) is 39.8 Å². The Kier molecular flexibility index (Phi) is 6.77. The molecule has 0 amide bonds. The number of ether oxygens (including phenoxy) is 1. The van der Waals surface area contributed by atoms with Crippen LogP contribution >= 0.6 is 11.6 Å². The summed E-state index contributed by atoms with van der Waals surface area (Å²) >= 11 is 6.51. The molecule has 6 rings (SSSR count). The molecule has 0 bridgehead atoms. The van der Waals surface area contributed by atoms with E-state index in [1.807, 2.05) is 6.07 Å². The van der Waals surface area contributed by atoms with Gasteiger partial charge in [-0.05, 0) is 63.4 Å². The molecular formula is C28H34ClF2N7O2. The summed E-state index contributed by atoms with van der Waals surface area (Å²) in [5.41, 5.74) is 1.07. The SMILES string of the molecule is C[C@@H]1CC(N(C)C)CN(c2ncc(Cl)c(Nc3ccc4c(c3)c3c(c(=O)n4C)OCC(F)(F)[C@H](C4CC4)N3)n2)C1. The quantitative estimate of drug-likeness (QED) is 0.453. The number of hydrogen-bond acceptors (Lipinski definition) is 8. The first-order chi connectivity index (χ1) is 19.0. The first-order valence-corrected chi connectivity index (χ1v) is 14.0. The van der Waals surface area contributed by atoms with Crippen LogP contribution in [0.2, 0.25) is 5.02 Å². The van der Waals surface area contributed by atoms with Gasteiger partial charge in [-0.25, -0.2) is 13.8 Å². The number of nitrogens with one attached hydrogen (secondary N) is 2. The second-order valence-electron chi connectivity index (χ2n) is 11.7. The maximum atomic E-state index is 15.0. The molecule has 1 saturated heterocycles. The molecule has 3 atom stereocenters. The standard InChI is InChI=1S/C28H34ClF2N7O2/c1-15-9-18(36(2)3)13-38(12-15)27-32-11-20(29)25(35-27)33-17-7-8-21-19(10-17)22-23(26(39)37(21)4)40-14-28(30,31)24(34-22)16-5-6-16/h7-8,10-11,15-16,18,24,34H,5-6,9,12-14H2,1-4H3,(H,32,33,35)/t15-,18?,24+/m1/s1. The molecule has 1 aliphatic carbocycles. The van der Waals surface area contributed by atoms with Gasteiger partial charge in [0.1, 0.15) is 5.02 Å². The van der Waals surface area contributed by atoms with Gasteiger partial charge in [-0.15, -0.1) is 0 Å². The number of benzene rings is 1. The highest BCUT2D eigenvalue weighted by Crippen LogP contribution is 2.45. The minimum Gasteiger partial charge on any atom is -0.480 e. The summed E-state index contributed by atoms with van der Waals surface area (Å²) in [5, 5.41) is 7.25. The van der Waals surface area contributed by atoms with Crippen LogP contribution in [0.3, 0.4) is 0 Å². The Hall–Kier alpha value is -3.18. The van der Waals surface area contributed by atoms with Crippen molar-refractivity contribution in [2.24, 2.45) is 18.9 Å². The fraction of sp³-hybridized carbons (Fsp3) is 0.536. The van der Waals surface area contributed by atoms with Gasteiger partial charge in [0.25, 0.3) is 5.56 Å². The van der Waals surface area contributed by atoms with Crippen LogP contribution in [0.4, 0.5) is 31.9 Å². The number of halogens is 3. The second kappa shape index (κ2) is 10.0. The van der Waals surface area contributed by atoms with Crippen LogP contribution in [0.25, 0.3) is 10.9 Å². The molecular weight excluding hydrogens is 540 g/mol. The Morgan fingerprint density at radius 1 is 1.25 bits per heavy atom. The topological polar surface area (TPSA) is 87.5 Å². The van der Waals surface area contributed by atoms with Crippen LogP contribution in [0, 0.1) is 11.8 Å². The van der Waals surface area contributed by atoms with Crippen molar-refractivity contribution < 1.29 is 13.5 Å². The van der Waals surface area contributed by atoms with E-state index in [0.717, 1.165) is 32.4 Å². The molecule has 0 radical (unpaired) electrons. The summed E-state index contributed by atoms with van der Waals surface area (Å²) in [6.45, 7) is 3.05. The number of aryl methyl sites for hydroxylation is 1. The van der Waals surface area contributed by atoms with Crippen LogP contribution in [-0.4, -0.2) is 71.2 Å². The van der Waals surface area contributed by atoms with E-state index in [0.29, 0.717) is 51.0 Å². The fourth-order valence-corrected chi connectivity index (χ4v) is 6.02. The van der Waals surface area contributed by atoms with Crippen molar-refractivity contribution >= 4 is 45.6 Å². The van der Waals surface area contributed by atoms with Crippen LogP contribution in [0.15, 0.2) is 29.2 Å². The summed E-state index contributed by atoms with van der Waals surface area (Å²) in [4.78, 5) is 26.7. The lowest BCUT2D eigenvalue weighted by Crippen LogP contribution is -2.48. The number of likely N-dealkylation sites (N-methyl/N-ethyl adjacent to an activating group) is 1. The number of pyridine rings is 1. The van der Waals surface area contributed by atoms with Gasteiger partial charge in [0.05, 0.1) is 23.4 Å². The van der Waals surface area contributed by atoms with Crippen molar-refractivity contribution in [1.29, 1.82) is 0 Å². The van der Waals surface area contributed by atoms with Crippen molar-refractivity contribution in [2.45, 2.75) is 44.2 Å². The van der Waals surface area contributed by atoms with Crippen LogP contribution in [0.1, 0.15) is 26.2 Å². The second-order valence-corrected chi connectivity index (χ2v) is 12.1. The highest BCUT2D eigenvalue weighted by atomic mass is 35.5. The lowest BCUT2D eigenvalue weighted by atomic mass is 9.95. The third kappa shape index (κ3) is 4.94. The first kappa shape index (κ1) is 27.0. The maximum absolute atomic E-state index is 15.0. The summed E-state index contributed by atoms with van der Waals surface area (Å²) in [6, 6.07) is 4.68. The summed E-state index contributed by atoms with van der Waals surface area (Å²) in [6.07, 6.45) is 4.14. The molecule has 1 saturated carbocycles. The molecule has 4 heterocycles. The number of fused-ring (bicyclic) bond motifs is 3. The van der Waals surface area contributed by atoms with Gasteiger partial charge in [0.15, 0.2) is 12.4 Å². The lowest BCUT2D eigenvalue weighted by molar-refractivity contribution is -0.0579. The summed E-state index contributed by atoms with van der Waals surface area (Å²) in [7, 11) is 5.78. The van der Waals surface area contributed by atoms with E-state index in [9.17, 15) is 13.6 Å². The fourth-order valence-electron chi connectivity index (χ4n) is 5.88. The zero-order chi connectivity index (χ0) is 28.3. The predicted octanol–water partition coefficient (Wildman–Crippen LogP) is 4.72. The minimum atomic E-state index is -3.10. The maximum Gasteiger partial charge on any atom is 0.301 e. The molecule has 0 spiro atoms. The van der Waals surface area contributed by atoms with E-state index in [-0.39, 0.29) is 11.7 Å². The van der Waals surface area contributed by atoms with Gasteiger partial charge < -0.3 is 29.7 Å². The summed E-state index contributed by atoms with van der Waals surface area (Å²) in [5.74, 6) is -1.84. The van der Waals surface area contributed by atoms with Crippen molar-refractivity contribution in [3.8, 4) is 5.75 Å². The number of piperidine rings is 1. The number of alkyl halides is 2.